The molecule has 0 atom stereocenters. The summed E-state index contributed by atoms with van der Waals surface area (Å²) in [4.78, 5) is 8.53. The molecule has 258 valence electrons. The topological polar surface area (TPSA) is 44.2 Å². The fraction of sp³-hybridized carbons (Fsp3) is 0.366. The number of pyridine rings is 2. The molecule has 0 bridgehead atoms. The summed E-state index contributed by atoms with van der Waals surface area (Å²) in [7, 11) is 0. The molecular weight excluding hydrogens is 628 g/mol. The Labute approximate surface area is 288 Å². The zero-order valence-corrected chi connectivity index (χ0v) is 28.8. The van der Waals surface area contributed by atoms with E-state index in [-0.39, 0.29) is 35.8 Å². The maximum absolute atomic E-state index is 14.0. The summed E-state index contributed by atoms with van der Waals surface area (Å²) in [6.07, 6.45) is 13.9. The van der Waals surface area contributed by atoms with Gasteiger partial charge in [0.2, 0.25) is 11.6 Å². The Hall–Kier alpha value is -4.82. The standard InChI is InChI=1S/C21H23F2NO.C20H21F2NO/c1-3-5-6-7-8-16-9-12-18(24-15-16)13-10-17-11-14-19(25-4-2)21(23)20(17)22;1-3-5-6-7-15-8-11-17(23-14-15)12-9-16-10-13-18(24-4-2)20(22)19(16)21/h9,11-12,14-15H,3-8H2,1-2H3;8,10-11,13-14H,3-7H2,1-2H3. The second-order valence-electron chi connectivity index (χ2n) is 11.2. The molecule has 2 aromatic heterocycles. The second-order valence-corrected chi connectivity index (χ2v) is 11.2. The first-order valence-electron chi connectivity index (χ1n) is 17.0. The number of unbranched alkanes of at least 4 members (excludes halogenated alkanes) is 5. The van der Waals surface area contributed by atoms with E-state index in [1.807, 2.05) is 18.2 Å². The summed E-state index contributed by atoms with van der Waals surface area (Å²) >= 11 is 0. The summed E-state index contributed by atoms with van der Waals surface area (Å²) in [5, 5.41) is 0. The lowest BCUT2D eigenvalue weighted by Gasteiger charge is -2.05. The number of aromatic nitrogens is 2. The third-order valence-corrected chi connectivity index (χ3v) is 7.38. The molecule has 0 aliphatic rings. The van der Waals surface area contributed by atoms with Crippen LogP contribution in [0.5, 0.6) is 11.5 Å². The minimum absolute atomic E-state index is 0.00797. The summed E-state index contributed by atoms with van der Waals surface area (Å²) in [5.74, 6) is 6.59. The van der Waals surface area contributed by atoms with Crippen molar-refractivity contribution in [2.24, 2.45) is 0 Å². The van der Waals surface area contributed by atoms with Gasteiger partial charge in [-0.1, -0.05) is 69.9 Å². The van der Waals surface area contributed by atoms with Gasteiger partial charge in [0.1, 0.15) is 11.4 Å². The summed E-state index contributed by atoms with van der Waals surface area (Å²) in [5.41, 5.74) is 3.37. The lowest BCUT2D eigenvalue weighted by molar-refractivity contribution is 0.314. The van der Waals surface area contributed by atoms with Crippen molar-refractivity contribution in [1.29, 1.82) is 0 Å². The van der Waals surface area contributed by atoms with Gasteiger partial charge < -0.3 is 9.47 Å². The summed E-state index contributed by atoms with van der Waals surface area (Å²) in [6, 6.07) is 13.2. The van der Waals surface area contributed by atoms with Crippen molar-refractivity contribution in [2.75, 3.05) is 13.2 Å². The molecule has 0 radical (unpaired) electrons. The molecule has 0 unspecified atom stereocenters. The molecule has 0 N–H and O–H groups in total. The summed E-state index contributed by atoms with van der Waals surface area (Å²) in [6.45, 7) is 8.33. The zero-order valence-electron chi connectivity index (χ0n) is 28.8. The average Bonchev–Trinajstić information content (AvgIpc) is 3.12. The van der Waals surface area contributed by atoms with Crippen molar-refractivity contribution in [3.63, 3.8) is 0 Å². The molecule has 2 heterocycles. The molecular formula is C41H44F4N2O2. The van der Waals surface area contributed by atoms with Crippen molar-refractivity contribution in [3.8, 4) is 35.2 Å². The van der Waals surface area contributed by atoms with E-state index in [1.54, 1.807) is 32.3 Å². The van der Waals surface area contributed by atoms with Crippen LogP contribution in [-0.2, 0) is 12.8 Å². The second kappa shape index (κ2) is 21.2. The molecule has 8 heteroatoms. The fourth-order valence-electron chi connectivity index (χ4n) is 4.68. The Bertz CT molecular complexity index is 1730. The first-order chi connectivity index (χ1) is 23.8. The number of rotatable bonds is 13. The number of hydrogen-bond acceptors (Lipinski definition) is 4. The van der Waals surface area contributed by atoms with Gasteiger partial charge in [0, 0.05) is 12.4 Å². The van der Waals surface area contributed by atoms with Crippen molar-refractivity contribution < 1.29 is 27.0 Å². The van der Waals surface area contributed by atoms with Gasteiger partial charge in [0.25, 0.3) is 0 Å². The van der Waals surface area contributed by atoms with Gasteiger partial charge in [0.05, 0.1) is 24.3 Å². The molecule has 0 saturated heterocycles. The van der Waals surface area contributed by atoms with E-state index >= 15 is 0 Å². The van der Waals surface area contributed by atoms with Crippen LogP contribution in [0.1, 0.15) is 106 Å². The van der Waals surface area contributed by atoms with Crippen molar-refractivity contribution in [2.45, 2.75) is 85.5 Å². The van der Waals surface area contributed by atoms with Crippen LogP contribution < -0.4 is 9.47 Å². The highest BCUT2D eigenvalue weighted by Gasteiger charge is 2.14. The number of halogens is 4. The van der Waals surface area contributed by atoms with Crippen LogP contribution in [0.15, 0.2) is 60.9 Å². The number of aryl methyl sites for hydroxylation is 2. The van der Waals surface area contributed by atoms with E-state index in [4.69, 9.17) is 9.47 Å². The maximum atomic E-state index is 14.0. The minimum atomic E-state index is -1.01. The van der Waals surface area contributed by atoms with Crippen molar-refractivity contribution in [3.05, 3.63) is 118 Å². The number of nitrogens with zero attached hydrogens (tertiary/aromatic N) is 2. The van der Waals surface area contributed by atoms with Crippen LogP contribution in [0.3, 0.4) is 0 Å². The van der Waals surface area contributed by atoms with E-state index in [1.165, 1.54) is 61.9 Å². The Morgan fingerprint density at radius 1 is 0.490 bits per heavy atom. The molecule has 4 aromatic rings. The van der Waals surface area contributed by atoms with Crippen LogP contribution in [0.4, 0.5) is 17.6 Å². The summed E-state index contributed by atoms with van der Waals surface area (Å²) < 4.78 is 65.6. The third kappa shape index (κ3) is 12.6. The molecule has 0 spiro atoms. The molecule has 0 aliphatic heterocycles. The Morgan fingerprint density at radius 2 is 0.918 bits per heavy atom. The molecule has 4 rings (SSSR count). The van der Waals surface area contributed by atoms with Gasteiger partial charge in [-0.2, -0.15) is 8.78 Å². The normalized spacial score (nSPS) is 10.2. The first kappa shape index (κ1) is 38.6. The van der Waals surface area contributed by atoms with Gasteiger partial charge in [0.15, 0.2) is 23.1 Å². The lowest BCUT2D eigenvalue weighted by atomic mass is 10.1. The van der Waals surface area contributed by atoms with Crippen LogP contribution >= 0.6 is 0 Å². The van der Waals surface area contributed by atoms with Crippen molar-refractivity contribution in [1.82, 2.24) is 9.97 Å². The zero-order chi connectivity index (χ0) is 35.4. The largest absolute Gasteiger partial charge is 0.491 e. The molecule has 2 aromatic carbocycles. The van der Waals surface area contributed by atoms with Crippen molar-refractivity contribution >= 4 is 0 Å². The molecule has 0 fully saturated rings. The van der Waals surface area contributed by atoms with E-state index in [9.17, 15) is 17.6 Å². The van der Waals surface area contributed by atoms with Gasteiger partial charge >= 0.3 is 0 Å². The SMILES string of the molecule is CCCCCCc1ccc(C#Cc2ccc(OCC)c(F)c2F)nc1.CCCCCc1ccc(C#Cc2ccc(OCC)c(F)c2F)nc1. The van der Waals surface area contributed by atoms with E-state index in [0.29, 0.717) is 11.4 Å². The molecule has 0 saturated carbocycles. The van der Waals surface area contributed by atoms with Gasteiger partial charge in [-0.25, -0.2) is 18.7 Å². The van der Waals surface area contributed by atoms with E-state index in [0.717, 1.165) is 31.2 Å². The lowest BCUT2D eigenvalue weighted by Crippen LogP contribution is -1.98. The molecule has 49 heavy (non-hydrogen) atoms. The Balaban J connectivity index is 0.000000266. The monoisotopic (exact) mass is 672 g/mol. The molecule has 4 nitrogen and oxygen atoms in total. The third-order valence-electron chi connectivity index (χ3n) is 7.38. The predicted molar refractivity (Wildman–Crippen MR) is 187 cm³/mol. The number of hydrogen-bond donors (Lipinski definition) is 0. The van der Waals surface area contributed by atoms with E-state index in [2.05, 4.69) is 47.5 Å². The van der Waals surface area contributed by atoms with Gasteiger partial charge in [-0.05, 0) is 98.9 Å². The molecule has 0 aliphatic carbocycles. The maximum Gasteiger partial charge on any atom is 0.201 e. The van der Waals surface area contributed by atoms with Crippen LogP contribution in [-0.4, -0.2) is 23.2 Å². The highest BCUT2D eigenvalue weighted by molar-refractivity contribution is 5.45. The van der Waals surface area contributed by atoms with Gasteiger partial charge in [-0.15, -0.1) is 0 Å². The quantitative estimate of drug-likeness (QED) is 0.0806. The smallest absolute Gasteiger partial charge is 0.201 e. The Kier molecular flexibility index (Phi) is 16.7. The number of ether oxygens (including phenoxy) is 2. The highest BCUT2D eigenvalue weighted by atomic mass is 19.2. The first-order valence-corrected chi connectivity index (χ1v) is 17.0. The highest BCUT2D eigenvalue weighted by Crippen LogP contribution is 2.23. The van der Waals surface area contributed by atoms with E-state index < -0.39 is 23.3 Å². The Morgan fingerprint density at radius 3 is 1.31 bits per heavy atom. The van der Waals surface area contributed by atoms with Crippen LogP contribution in [0.25, 0.3) is 0 Å². The van der Waals surface area contributed by atoms with Crippen LogP contribution in [0.2, 0.25) is 0 Å². The average molecular weight is 673 g/mol. The van der Waals surface area contributed by atoms with Gasteiger partial charge in [-0.3, -0.25) is 0 Å². The molecule has 0 amide bonds. The predicted octanol–water partition coefficient (Wildman–Crippen LogP) is 10.2. The number of benzene rings is 2. The van der Waals surface area contributed by atoms with Crippen LogP contribution in [0, 0.1) is 47.0 Å². The minimum Gasteiger partial charge on any atom is -0.491 e. The fourth-order valence-corrected chi connectivity index (χ4v) is 4.68.